The molecule has 7 nitrogen and oxygen atoms in total. The van der Waals surface area contributed by atoms with Crippen LogP contribution in [0.15, 0.2) is 41.3 Å². The zero-order valence-corrected chi connectivity index (χ0v) is 23.9. The van der Waals surface area contributed by atoms with Crippen LogP contribution in [0.1, 0.15) is 16.9 Å². The molecule has 1 fully saturated rings. The number of nitrogens with one attached hydrogen (secondary N) is 2. The van der Waals surface area contributed by atoms with E-state index in [1.165, 1.54) is 18.2 Å². The van der Waals surface area contributed by atoms with Crippen molar-refractivity contribution in [2.75, 3.05) is 50.2 Å². The fourth-order valence-corrected chi connectivity index (χ4v) is 6.36. The first-order valence-corrected chi connectivity index (χ1v) is 15.3. The number of fused-ring (bicyclic) bond motifs is 1. The molecule has 2 aromatic carbocycles. The van der Waals surface area contributed by atoms with E-state index in [0.717, 1.165) is 17.6 Å². The molecule has 0 spiro atoms. The number of ether oxygens (including phenoxy) is 1. The highest BCUT2D eigenvalue weighted by molar-refractivity contribution is 7.90. The van der Waals surface area contributed by atoms with E-state index in [2.05, 4.69) is 22.5 Å². The monoisotopic (exact) mass is 608 g/mol. The molecule has 2 N–H and O–H groups in total. The van der Waals surface area contributed by atoms with E-state index in [0.29, 0.717) is 34.4 Å². The Morgan fingerprint density at radius 2 is 2.00 bits per heavy atom. The molecule has 4 rings (SSSR count). The highest BCUT2D eigenvalue weighted by atomic mass is 32.2. The second kappa shape index (κ2) is 12.6. The van der Waals surface area contributed by atoms with Crippen molar-refractivity contribution in [3.05, 3.63) is 46.8 Å². The second-order valence-corrected chi connectivity index (χ2v) is 12.8. The van der Waals surface area contributed by atoms with Crippen molar-refractivity contribution in [1.82, 2.24) is 4.90 Å². The molecular weight excluding hydrogens is 580 g/mol. The van der Waals surface area contributed by atoms with E-state index in [4.69, 9.17) is 10.00 Å². The molecule has 13 heteroatoms. The topological polar surface area (TPSA) is 94.5 Å². The number of nitrogens with zero attached hydrogens (tertiary/aromatic N) is 2. The van der Waals surface area contributed by atoms with Crippen molar-refractivity contribution in [1.29, 1.82) is 5.26 Å². The third-order valence-corrected chi connectivity index (χ3v) is 8.83. The molecule has 0 amide bonds. The summed E-state index contributed by atoms with van der Waals surface area (Å²) in [6, 6.07) is 10.5. The number of rotatable bonds is 8. The van der Waals surface area contributed by atoms with Crippen molar-refractivity contribution in [2.45, 2.75) is 36.1 Å². The number of alkyl halides is 4. The van der Waals surface area contributed by atoms with Gasteiger partial charge >= 0.3 is 6.18 Å². The van der Waals surface area contributed by atoms with Crippen molar-refractivity contribution in [3.63, 3.8) is 0 Å². The number of halogens is 4. The number of hydrogen-bond donors (Lipinski definition) is 2. The van der Waals surface area contributed by atoms with Gasteiger partial charge in [-0.15, -0.1) is 11.3 Å². The van der Waals surface area contributed by atoms with Gasteiger partial charge in [0.15, 0.2) is 16.4 Å². The van der Waals surface area contributed by atoms with E-state index >= 15 is 0 Å². The molecule has 0 bridgehead atoms. The van der Waals surface area contributed by atoms with Gasteiger partial charge in [-0.1, -0.05) is 24.0 Å². The van der Waals surface area contributed by atoms with Crippen LogP contribution in [0.25, 0.3) is 10.1 Å². The first kappa shape index (κ1) is 30.4. The van der Waals surface area contributed by atoms with Crippen LogP contribution in [0, 0.1) is 23.2 Å². The molecule has 1 aromatic heterocycles. The number of benzene rings is 2. The molecule has 0 radical (unpaired) electrons. The van der Waals surface area contributed by atoms with E-state index in [9.17, 15) is 26.0 Å². The van der Waals surface area contributed by atoms with Gasteiger partial charge in [0.1, 0.15) is 18.0 Å². The van der Waals surface area contributed by atoms with Gasteiger partial charge in [-0.3, -0.25) is 0 Å². The minimum Gasteiger partial charge on any atom is -0.477 e. The maximum atomic E-state index is 14.7. The number of hydrogen-bond acceptors (Lipinski definition) is 8. The van der Waals surface area contributed by atoms with Crippen LogP contribution in [-0.4, -0.2) is 71.3 Å². The Hall–Kier alpha value is -3.52. The lowest BCUT2D eigenvalue weighted by Gasteiger charge is -2.33. The average Bonchev–Trinajstić information content (AvgIpc) is 3.23. The fraction of sp³-hybridized carbons (Fsp3) is 0.393. The number of anilines is 2. The average molecular weight is 609 g/mol. The molecular formula is C28H28F4N4O3S2. The summed E-state index contributed by atoms with van der Waals surface area (Å²) in [5.74, 6) is 5.81. The third kappa shape index (κ3) is 7.82. The predicted octanol–water partition coefficient (Wildman–Crippen LogP) is 5.23. The van der Waals surface area contributed by atoms with Crippen molar-refractivity contribution < 1.29 is 30.7 Å². The Balaban J connectivity index is 1.61. The first-order chi connectivity index (χ1) is 19.4. The summed E-state index contributed by atoms with van der Waals surface area (Å²) in [7, 11) is -1.67. The van der Waals surface area contributed by atoms with Gasteiger partial charge in [-0.2, -0.15) is 18.4 Å². The molecule has 41 heavy (non-hydrogen) atoms. The van der Waals surface area contributed by atoms with Crippen LogP contribution in [0.5, 0.6) is 5.75 Å². The lowest BCUT2D eigenvalue weighted by atomic mass is 10.0. The van der Waals surface area contributed by atoms with Gasteiger partial charge in [0.05, 0.1) is 44.9 Å². The number of sulfone groups is 1. The molecule has 1 saturated heterocycles. The first-order valence-electron chi connectivity index (χ1n) is 12.6. The summed E-state index contributed by atoms with van der Waals surface area (Å²) in [6.07, 6.45) is -5.12. The van der Waals surface area contributed by atoms with E-state index in [1.54, 1.807) is 18.2 Å². The van der Waals surface area contributed by atoms with Crippen LogP contribution >= 0.6 is 11.3 Å². The SMILES string of the molecule is CN1CCC(Nc2cccc3c(CC(F)(F)F)c(C#CCNc4ccc(S(C)(=O)=O)cc4OCC#N)sc23)C(F)C1. The predicted molar refractivity (Wildman–Crippen MR) is 152 cm³/mol. The lowest BCUT2D eigenvalue weighted by molar-refractivity contribution is -0.126. The molecule has 1 aliphatic rings. The van der Waals surface area contributed by atoms with Crippen LogP contribution in [0.4, 0.5) is 28.9 Å². The van der Waals surface area contributed by atoms with Gasteiger partial charge in [-0.05, 0) is 42.6 Å². The van der Waals surface area contributed by atoms with E-state index in [-0.39, 0.29) is 40.8 Å². The molecule has 1 aliphatic heterocycles. The Morgan fingerprint density at radius 1 is 1.22 bits per heavy atom. The normalized spacial score (nSPS) is 17.9. The lowest BCUT2D eigenvalue weighted by Crippen LogP contribution is -2.46. The minimum absolute atomic E-state index is 0.00503. The van der Waals surface area contributed by atoms with E-state index < -0.39 is 34.6 Å². The zero-order valence-electron chi connectivity index (χ0n) is 22.3. The summed E-state index contributed by atoms with van der Waals surface area (Å²) in [6.45, 7) is 0.682. The Labute approximate surface area is 240 Å². The quantitative estimate of drug-likeness (QED) is 0.267. The molecule has 2 atom stereocenters. The van der Waals surface area contributed by atoms with Crippen molar-refractivity contribution in [3.8, 4) is 23.7 Å². The maximum absolute atomic E-state index is 14.7. The summed E-state index contributed by atoms with van der Waals surface area (Å²) in [4.78, 5) is 2.16. The maximum Gasteiger partial charge on any atom is 0.393 e. The van der Waals surface area contributed by atoms with Crippen molar-refractivity contribution >= 4 is 42.6 Å². The van der Waals surface area contributed by atoms with Gasteiger partial charge in [-0.25, -0.2) is 12.8 Å². The summed E-state index contributed by atoms with van der Waals surface area (Å²) >= 11 is 1.12. The molecule has 3 aromatic rings. The van der Waals surface area contributed by atoms with Gasteiger partial charge < -0.3 is 20.3 Å². The smallest absolute Gasteiger partial charge is 0.393 e. The molecule has 0 aliphatic carbocycles. The zero-order chi connectivity index (χ0) is 29.8. The Bertz CT molecular complexity index is 1620. The second-order valence-electron chi connectivity index (χ2n) is 9.73. The molecule has 0 saturated carbocycles. The minimum atomic E-state index is -4.46. The summed E-state index contributed by atoms with van der Waals surface area (Å²) < 4.78 is 85.1. The van der Waals surface area contributed by atoms with Crippen LogP contribution in [0.3, 0.4) is 0 Å². The van der Waals surface area contributed by atoms with E-state index in [1.807, 2.05) is 18.0 Å². The standard InChI is InChI=1S/C28H28F4N4O3S2/c1-36-13-10-22(21(29)17-36)35-24-6-3-5-19-20(16-28(30,31)32)26(40-27(19)24)7-4-12-34-23-9-8-18(41(2,37)38)15-25(23)39-14-11-33/h3,5-6,8-9,15,21-22,34-35H,10,12-14,16-17H2,1-2H3. The van der Waals surface area contributed by atoms with Crippen LogP contribution in [-0.2, 0) is 16.3 Å². The summed E-state index contributed by atoms with van der Waals surface area (Å²) in [5.41, 5.74) is 1.01. The molecule has 218 valence electrons. The number of thiophene rings is 1. The van der Waals surface area contributed by atoms with Gasteiger partial charge in [0.2, 0.25) is 0 Å². The van der Waals surface area contributed by atoms with Crippen molar-refractivity contribution in [2.24, 2.45) is 0 Å². The summed E-state index contributed by atoms with van der Waals surface area (Å²) in [5, 5.41) is 15.4. The van der Waals surface area contributed by atoms with Crippen LogP contribution < -0.4 is 15.4 Å². The van der Waals surface area contributed by atoms with Crippen LogP contribution in [0.2, 0.25) is 0 Å². The molecule has 2 unspecified atom stereocenters. The fourth-order valence-electron chi connectivity index (χ4n) is 4.55. The van der Waals surface area contributed by atoms with Gasteiger partial charge in [0, 0.05) is 25.4 Å². The largest absolute Gasteiger partial charge is 0.477 e. The highest BCUT2D eigenvalue weighted by Crippen LogP contribution is 2.39. The molecule has 2 heterocycles. The number of piperidine rings is 1. The number of likely N-dealkylation sites (tertiary alicyclic amines) is 1. The van der Waals surface area contributed by atoms with Gasteiger partial charge in [0.25, 0.3) is 0 Å². The Kier molecular flexibility index (Phi) is 9.32. The number of nitriles is 1. The third-order valence-electron chi connectivity index (χ3n) is 6.52. The highest BCUT2D eigenvalue weighted by Gasteiger charge is 2.32. The Morgan fingerprint density at radius 3 is 2.68 bits per heavy atom.